The summed E-state index contributed by atoms with van der Waals surface area (Å²) in [7, 11) is 2.17. The molecule has 1 rings (SSSR count). The molecular formula is C11H19ClN2S. The second-order valence-corrected chi connectivity index (χ2v) is 5.17. The Balaban J connectivity index is 2.18. The summed E-state index contributed by atoms with van der Waals surface area (Å²) in [4.78, 5) is 7.99. The van der Waals surface area contributed by atoms with Gasteiger partial charge in [0.2, 0.25) is 0 Å². The Bertz CT molecular complexity index is 275. The van der Waals surface area contributed by atoms with Gasteiger partial charge < -0.3 is 4.90 Å². The van der Waals surface area contributed by atoms with E-state index >= 15 is 0 Å². The number of alkyl halides is 1. The first-order chi connectivity index (χ1) is 7.24. The second-order valence-electron chi connectivity index (χ2n) is 3.85. The van der Waals surface area contributed by atoms with Gasteiger partial charge in [0.25, 0.3) is 0 Å². The molecule has 4 heteroatoms. The lowest BCUT2D eigenvalue weighted by Crippen LogP contribution is -2.18. The minimum Gasteiger partial charge on any atom is -0.301 e. The molecule has 0 bridgehead atoms. The molecule has 1 heterocycles. The number of thiazole rings is 1. The lowest BCUT2D eigenvalue weighted by molar-refractivity contribution is 0.320. The van der Waals surface area contributed by atoms with Crippen LogP contribution in [0.3, 0.4) is 0 Å². The molecule has 2 nitrogen and oxygen atoms in total. The summed E-state index contributed by atoms with van der Waals surface area (Å²) in [6.07, 6.45) is 3.60. The zero-order valence-electron chi connectivity index (χ0n) is 9.50. The number of aromatic nitrogens is 1. The number of rotatable bonds is 7. The molecule has 0 amide bonds. The van der Waals surface area contributed by atoms with Crippen molar-refractivity contribution in [3.8, 4) is 0 Å². The van der Waals surface area contributed by atoms with Crippen molar-refractivity contribution in [3.05, 3.63) is 16.1 Å². The van der Waals surface area contributed by atoms with Gasteiger partial charge in [0.15, 0.2) is 0 Å². The van der Waals surface area contributed by atoms with Crippen molar-refractivity contribution in [3.63, 3.8) is 0 Å². The van der Waals surface area contributed by atoms with Crippen LogP contribution < -0.4 is 0 Å². The molecule has 0 saturated heterocycles. The number of hydrogen-bond donors (Lipinski definition) is 0. The Labute approximate surface area is 101 Å². The summed E-state index contributed by atoms with van der Waals surface area (Å²) in [5.74, 6) is 0.789. The van der Waals surface area contributed by atoms with Gasteiger partial charge in [-0.05, 0) is 33.4 Å². The molecule has 86 valence electrons. The maximum atomic E-state index is 5.63. The summed E-state index contributed by atoms with van der Waals surface area (Å²) in [5.41, 5.74) is 3.10. The van der Waals surface area contributed by atoms with Crippen molar-refractivity contribution >= 4 is 22.9 Å². The highest BCUT2D eigenvalue weighted by atomic mass is 35.5. The van der Waals surface area contributed by atoms with Crippen molar-refractivity contribution in [2.24, 2.45) is 0 Å². The molecule has 0 saturated carbocycles. The zero-order chi connectivity index (χ0) is 11.1. The average molecular weight is 247 g/mol. The molecule has 0 aliphatic rings. The van der Waals surface area contributed by atoms with Crippen molar-refractivity contribution in [1.82, 2.24) is 9.88 Å². The van der Waals surface area contributed by atoms with E-state index < -0.39 is 0 Å². The van der Waals surface area contributed by atoms with Gasteiger partial charge in [-0.1, -0.05) is 6.42 Å². The SMILES string of the molecule is Cc1ncsc1CN(C)CCCCCCl. The predicted molar refractivity (Wildman–Crippen MR) is 67.8 cm³/mol. The fraction of sp³-hybridized carbons (Fsp3) is 0.727. The fourth-order valence-electron chi connectivity index (χ4n) is 1.46. The van der Waals surface area contributed by atoms with Crippen LogP contribution in [0.4, 0.5) is 0 Å². The van der Waals surface area contributed by atoms with E-state index in [9.17, 15) is 0 Å². The third kappa shape index (κ3) is 4.96. The summed E-state index contributed by atoms with van der Waals surface area (Å²) in [6.45, 7) is 4.25. The van der Waals surface area contributed by atoms with Crippen LogP contribution in [0.2, 0.25) is 0 Å². The van der Waals surface area contributed by atoms with E-state index in [0.717, 1.165) is 25.4 Å². The van der Waals surface area contributed by atoms with E-state index in [1.807, 2.05) is 5.51 Å². The van der Waals surface area contributed by atoms with E-state index in [4.69, 9.17) is 11.6 Å². The van der Waals surface area contributed by atoms with E-state index in [-0.39, 0.29) is 0 Å². The molecule has 15 heavy (non-hydrogen) atoms. The van der Waals surface area contributed by atoms with E-state index in [0.29, 0.717) is 0 Å². The monoisotopic (exact) mass is 246 g/mol. The number of aryl methyl sites for hydroxylation is 1. The van der Waals surface area contributed by atoms with Crippen LogP contribution >= 0.6 is 22.9 Å². The summed E-state index contributed by atoms with van der Waals surface area (Å²) >= 11 is 7.38. The van der Waals surface area contributed by atoms with Gasteiger partial charge in [-0.15, -0.1) is 22.9 Å². The average Bonchev–Trinajstić information content (AvgIpc) is 2.59. The number of halogens is 1. The molecular weight excluding hydrogens is 228 g/mol. The molecule has 0 spiro atoms. The molecule has 0 N–H and O–H groups in total. The van der Waals surface area contributed by atoms with Gasteiger partial charge in [0.1, 0.15) is 0 Å². The molecule has 0 aliphatic carbocycles. The maximum absolute atomic E-state index is 5.63. The molecule has 0 atom stereocenters. The first-order valence-electron chi connectivity index (χ1n) is 5.37. The fourth-order valence-corrected chi connectivity index (χ4v) is 2.50. The summed E-state index contributed by atoms with van der Waals surface area (Å²) in [5, 5.41) is 0. The number of nitrogens with zero attached hydrogens (tertiary/aromatic N) is 2. The van der Waals surface area contributed by atoms with Crippen LogP contribution in [0, 0.1) is 6.92 Å². The predicted octanol–water partition coefficient (Wildman–Crippen LogP) is 3.29. The summed E-state index contributed by atoms with van der Waals surface area (Å²) in [6, 6.07) is 0. The standard InChI is InChI=1S/C11H19ClN2S/c1-10-11(15-9-13-10)8-14(2)7-5-3-4-6-12/h9H,3-8H2,1-2H3. The molecule has 1 aromatic heterocycles. The van der Waals surface area contributed by atoms with E-state index in [1.165, 1.54) is 23.4 Å². The highest BCUT2D eigenvalue weighted by Gasteiger charge is 2.04. The van der Waals surface area contributed by atoms with Gasteiger partial charge in [-0.2, -0.15) is 0 Å². The third-order valence-electron chi connectivity index (χ3n) is 2.43. The Morgan fingerprint density at radius 2 is 2.20 bits per heavy atom. The quantitative estimate of drug-likeness (QED) is 0.542. The van der Waals surface area contributed by atoms with Gasteiger partial charge in [0, 0.05) is 17.3 Å². The van der Waals surface area contributed by atoms with Crippen LogP contribution in [0.5, 0.6) is 0 Å². The minimum absolute atomic E-state index is 0.789. The lowest BCUT2D eigenvalue weighted by atomic mass is 10.2. The van der Waals surface area contributed by atoms with Gasteiger partial charge in [-0.3, -0.25) is 0 Å². The molecule has 0 fully saturated rings. The van der Waals surface area contributed by atoms with Crippen molar-refractivity contribution < 1.29 is 0 Å². The Morgan fingerprint density at radius 1 is 1.40 bits per heavy atom. The van der Waals surface area contributed by atoms with Gasteiger partial charge in [0.05, 0.1) is 11.2 Å². The smallest absolute Gasteiger partial charge is 0.0798 e. The first-order valence-corrected chi connectivity index (χ1v) is 6.79. The Hall–Kier alpha value is -0.120. The normalized spacial score (nSPS) is 11.2. The topological polar surface area (TPSA) is 16.1 Å². The van der Waals surface area contributed by atoms with Crippen LogP contribution in [0.1, 0.15) is 29.8 Å². The number of hydrogen-bond acceptors (Lipinski definition) is 3. The van der Waals surface area contributed by atoms with Crippen LogP contribution in [-0.2, 0) is 6.54 Å². The van der Waals surface area contributed by atoms with Crippen molar-refractivity contribution in [2.75, 3.05) is 19.5 Å². The molecule has 0 radical (unpaired) electrons. The Morgan fingerprint density at radius 3 is 2.80 bits per heavy atom. The van der Waals surface area contributed by atoms with Crippen LogP contribution in [-0.4, -0.2) is 29.4 Å². The van der Waals surface area contributed by atoms with E-state index in [1.54, 1.807) is 11.3 Å². The minimum atomic E-state index is 0.789. The summed E-state index contributed by atoms with van der Waals surface area (Å²) < 4.78 is 0. The molecule has 1 aromatic rings. The van der Waals surface area contributed by atoms with E-state index in [2.05, 4.69) is 23.9 Å². The Kier molecular flexibility index (Phi) is 6.22. The zero-order valence-corrected chi connectivity index (χ0v) is 11.1. The lowest BCUT2D eigenvalue weighted by Gasteiger charge is -2.15. The maximum Gasteiger partial charge on any atom is 0.0798 e. The van der Waals surface area contributed by atoms with Gasteiger partial charge >= 0.3 is 0 Å². The molecule has 0 aliphatic heterocycles. The van der Waals surface area contributed by atoms with Crippen molar-refractivity contribution in [1.29, 1.82) is 0 Å². The van der Waals surface area contributed by atoms with Gasteiger partial charge in [-0.25, -0.2) is 4.98 Å². The molecule has 0 unspecified atom stereocenters. The highest BCUT2D eigenvalue weighted by Crippen LogP contribution is 2.14. The van der Waals surface area contributed by atoms with Crippen LogP contribution in [0.25, 0.3) is 0 Å². The highest BCUT2D eigenvalue weighted by molar-refractivity contribution is 7.09. The first kappa shape index (κ1) is 12.9. The van der Waals surface area contributed by atoms with Crippen molar-refractivity contribution in [2.45, 2.75) is 32.7 Å². The second kappa shape index (κ2) is 7.20. The van der Waals surface area contributed by atoms with Crippen LogP contribution in [0.15, 0.2) is 5.51 Å². The third-order valence-corrected chi connectivity index (χ3v) is 3.62. The largest absolute Gasteiger partial charge is 0.301 e. The number of unbranched alkanes of at least 4 members (excludes halogenated alkanes) is 2. The molecule has 0 aromatic carbocycles.